The van der Waals surface area contributed by atoms with E-state index in [1.54, 1.807) is 20.2 Å². The summed E-state index contributed by atoms with van der Waals surface area (Å²) in [5, 5.41) is 6.33. The van der Waals surface area contributed by atoms with Gasteiger partial charge in [0.1, 0.15) is 5.75 Å². The van der Waals surface area contributed by atoms with Gasteiger partial charge in [0.05, 0.1) is 13.1 Å². The van der Waals surface area contributed by atoms with Gasteiger partial charge in [-0.1, -0.05) is 12.8 Å². The molecule has 1 aromatic carbocycles. The van der Waals surface area contributed by atoms with E-state index in [0.29, 0.717) is 23.0 Å². The van der Waals surface area contributed by atoms with Crippen molar-refractivity contribution in [2.75, 3.05) is 27.4 Å². The summed E-state index contributed by atoms with van der Waals surface area (Å²) in [6.07, 6.45) is 4.31. The zero-order valence-electron chi connectivity index (χ0n) is 16.5. The largest absolute Gasteiger partial charge is 0.454 e. The molecule has 10 heteroatoms. The second kappa shape index (κ2) is 9.62. The number of nitrogens with zero attached hydrogens (tertiary/aromatic N) is 2. The highest BCUT2D eigenvalue weighted by Gasteiger charge is 2.21. The average molecular weight is 412 g/mol. The van der Waals surface area contributed by atoms with Crippen LogP contribution < -0.4 is 24.8 Å². The van der Waals surface area contributed by atoms with Crippen molar-refractivity contribution in [1.29, 1.82) is 0 Å². The topological polar surface area (TPSA) is 84.4 Å². The number of hydrogen-bond acceptors (Lipinski definition) is 5. The minimum atomic E-state index is -2.97. The lowest BCUT2D eigenvalue weighted by Gasteiger charge is -2.19. The van der Waals surface area contributed by atoms with Crippen LogP contribution in [-0.2, 0) is 11.3 Å². The quantitative estimate of drug-likeness (QED) is 0.527. The highest BCUT2D eigenvalue weighted by Crippen LogP contribution is 2.39. The Balaban J connectivity index is 1.76. The Kier molecular flexibility index (Phi) is 6.95. The van der Waals surface area contributed by atoms with Crippen LogP contribution in [0.1, 0.15) is 31.2 Å². The Hall–Kier alpha value is -2.78. The molecule has 160 valence electrons. The average Bonchev–Trinajstić information content (AvgIpc) is 3.34. The fourth-order valence-electron chi connectivity index (χ4n) is 3.19. The Labute approximate surface area is 168 Å². The van der Waals surface area contributed by atoms with Gasteiger partial charge in [-0.2, -0.15) is 8.78 Å². The number of guanidine groups is 1. The number of halogens is 2. The van der Waals surface area contributed by atoms with Crippen molar-refractivity contribution in [3.8, 4) is 17.2 Å². The number of hydrogen-bond donors (Lipinski definition) is 2. The number of carbonyl (C=O) groups excluding carboxylic acids is 1. The van der Waals surface area contributed by atoms with Crippen LogP contribution in [0.2, 0.25) is 0 Å². The molecular weight excluding hydrogens is 386 g/mol. The maximum Gasteiger partial charge on any atom is 0.387 e. The van der Waals surface area contributed by atoms with Crippen molar-refractivity contribution in [2.45, 2.75) is 44.9 Å². The van der Waals surface area contributed by atoms with E-state index < -0.39 is 6.61 Å². The van der Waals surface area contributed by atoms with Crippen molar-refractivity contribution in [2.24, 2.45) is 4.99 Å². The monoisotopic (exact) mass is 412 g/mol. The van der Waals surface area contributed by atoms with E-state index in [-0.39, 0.29) is 37.6 Å². The summed E-state index contributed by atoms with van der Waals surface area (Å²) in [7, 11) is 3.34. The van der Waals surface area contributed by atoms with Gasteiger partial charge in [-0.25, -0.2) is 4.99 Å². The standard InChI is InChI=1S/C19H26F2N4O4/c1-25(2)17(26)10-23-19(24-13-5-3-4-6-13)22-9-12-7-15-16(28-11-27-15)8-14(12)29-18(20)21/h7-8,13,18H,3-6,9-11H2,1-2H3,(H2,22,23,24). The molecule has 3 rings (SSSR count). The van der Waals surface area contributed by atoms with E-state index >= 15 is 0 Å². The third-order valence-electron chi connectivity index (χ3n) is 4.78. The Morgan fingerprint density at radius 2 is 1.97 bits per heavy atom. The smallest absolute Gasteiger partial charge is 0.387 e. The molecule has 0 radical (unpaired) electrons. The van der Waals surface area contributed by atoms with E-state index in [1.165, 1.54) is 11.0 Å². The lowest BCUT2D eigenvalue weighted by Crippen LogP contribution is -2.46. The first-order chi connectivity index (χ1) is 13.9. The maximum atomic E-state index is 12.8. The number of carbonyl (C=O) groups is 1. The Morgan fingerprint density at radius 3 is 2.62 bits per heavy atom. The number of likely N-dealkylation sites (N-methyl/N-ethyl adjacent to an activating group) is 1. The first-order valence-electron chi connectivity index (χ1n) is 9.54. The number of benzene rings is 1. The number of fused-ring (bicyclic) bond motifs is 1. The van der Waals surface area contributed by atoms with Gasteiger partial charge in [-0.3, -0.25) is 4.79 Å². The molecule has 0 unspecified atom stereocenters. The van der Waals surface area contributed by atoms with E-state index in [9.17, 15) is 13.6 Å². The van der Waals surface area contributed by atoms with Crippen LogP contribution in [-0.4, -0.2) is 56.9 Å². The minimum absolute atomic E-state index is 0.0161. The molecule has 0 saturated heterocycles. The molecule has 1 amide bonds. The van der Waals surface area contributed by atoms with E-state index in [1.807, 2.05) is 0 Å². The summed E-state index contributed by atoms with van der Waals surface area (Å²) in [5.74, 6) is 1.14. The van der Waals surface area contributed by atoms with Crippen molar-refractivity contribution < 1.29 is 27.8 Å². The van der Waals surface area contributed by atoms with Gasteiger partial charge in [0.25, 0.3) is 0 Å². The van der Waals surface area contributed by atoms with Crippen molar-refractivity contribution >= 4 is 11.9 Å². The van der Waals surface area contributed by atoms with Gasteiger partial charge < -0.3 is 29.7 Å². The zero-order chi connectivity index (χ0) is 20.8. The van der Waals surface area contributed by atoms with Crippen LogP contribution in [0.5, 0.6) is 17.2 Å². The molecule has 2 N–H and O–H groups in total. The first kappa shape index (κ1) is 20.9. The molecule has 1 aliphatic heterocycles. The highest BCUT2D eigenvalue weighted by molar-refractivity contribution is 5.86. The third kappa shape index (κ3) is 5.85. The minimum Gasteiger partial charge on any atom is -0.454 e. The van der Waals surface area contributed by atoms with E-state index in [4.69, 9.17) is 9.47 Å². The fourth-order valence-corrected chi connectivity index (χ4v) is 3.19. The second-order valence-corrected chi connectivity index (χ2v) is 7.12. The van der Waals surface area contributed by atoms with Gasteiger partial charge in [-0.15, -0.1) is 0 Å². The van der Waals surface area contributed by atoms with Crippen LogP contribution >= 0.6 is 0 Å². The van der Waals surface area contributed by atoms with Crippen LogP contribution in [0, 0.1) is 0 Å². The second-order valence-electron chi connectivity index (χ2n) is 7.12. The van der Waals surface area contributed by atoms with Crippen LogP contribution in [0.3, 0.4) is 0 Å². The number of alkyl halides is 2. The molecule has 1 saturated carbocycles. The number of amides is 1. The van der Waals surface area contributed by atoms with Crippen molar-refractivity contribution in [3.05, 3.63) is 17.7 Å². The van der Waals surface area contributed by atoms with Gasteiger partial charge in [-0.05, 0) is 18.9 Å². The number of rotatable bonds is 7. The third-order valence-corrected chi connectivity index (χ3v) is 4.78. The molecule has 29 heavy (non-hydrogen) atoms. The first-order valence-corrected chi connectivity index (χ1v) is 9.54. The fraction of sp³-hybridized carbons (Fsp3) is 0.579. The lowest BCUT2D eigenvalue weighted by atomic mass is 10.1. The molecular formula is C19H26F2N4O4. The normalized spacial score (nSPS) is 16.2. The summed E-state index contributed by atoms with van der Waals surface area (Å²) in [4.78, 5) is 17.9. The SMILES string of the molecule is CN(C)C(=O)CNC(=NCc1cc2c(cc1OC(F)F)OCO2)NC1CCCC1. The zero-order valence-corrected chi connectivity index (χ0v) is 16.5. The van der Waals surface area contributed by atoms with Gasteiger partial charge in [0.15, 0.2) is 17.5 Å². The molecule has 1 aromatic rings. The van der Waals surface area contributed by atoms with Gasteiger partial charge >= 0.3 is 6.61 Å². The molecule has 2 aliphatic rings. The van der Waals surface area contributed by atoms with Gasteiger partial charge in [0, 0.05) is 31.8 Å². The summed E-state index contributed by atoms with van der Waals surface area (Å²) in [6, 6.07) is 3.23. The molecule has 1 heterocycles. The predicted octanol–water partition coefficient (Wildman–Crippen LogP) is 2.08. The molecule has 1 aliphatic carbocycles. The maximum absolute atomic E-state index is 12.8. The molecule has 0 atom stereocenters. The molecule has 0 spiro atoms. The number of ether oxygens (including phenoxy) is 3. The molecule has 8 nitrogen and oxygen atoms in total. The summed E-state index contributed by atoms with van der Waals surface area (Å²) >= 11 is 0. The van der Waals surface area contributed by atoms with Gasteiger partial charge in [0.2, 0.25) is 12.7 Å². The predicted molar refractivity (Wildman–Crippen MR) is 102 cm³/mol. The number of aliphatic imine (C=N–C) groups is 1. The van der Waals surface area contributed by atoms with E-state index in [2.05, 4.69) is 20.4 Å². The van der Waals surface area contributed by atoms with E-state index in [0.717, 1.165) is 25.7 Å². The molecule has 1 fully saturated rings. The summed E-state index contributed by atoms with van der Waals surface area (Å²) in [6.45, 7) is -2.80. The van der Waals surface area contributed by atoms with Crippen molar-refractivity contribution in [3.63, 3.8) is 0 Å². The van der Waals surface area contributed by atoms with Crippen LogP contribution in [0.15, 0.2) is 17.1 Å². The molecule has 0 bridgehead atoms. The van der Waals surface area contributed by atoms with Crippen LogP contribution in [0.4, 0.5) is 8.78 Å². The Morgan fingerprint density at radius 1 is 1.28 bits per heavy atom. The summed E-state index contributed by atoms with van der Waals surface area (Å²) in [5.41, 5.74) is 0.431. The molecule has 0 aromatic heterocycles. The van der Waals surface area contributed by atoms with Crippen molar-refractivity contribution in [1.82, 2.24) is 15.5 Å². The number of nitrogens with one attached hydrogen (secondary N) is 2. The Bertz CT molecular complexity index is 752. The summed E-state index contributed by atoms with van der Waals surface area (Å²) < 4.78 is 40.8. The highest BCUT2D eigenvalue weighted by atomic mass is 19.3. The lowest BCUT2D eigenvalue weighted by molar-refractivity contribution is -0.127. The van der Waals surface area contributed by atoms with Crippen LogP contribution in [0.25, 0.3) is 0 Å².